The van der Waals surface area contributed by atoms with Crippen molar-refractivity contribution in [3.8, 4) is 5.75 Å². The van der Waals surface area contributed by atoms with E-state index in [1.54, 1.807) is 11.1 Å². The molecule has 2 aromatic carbocycles. The summed E-state index contributed by atoms with van der Waals surface area (Å²) < 4.78 is 5.45. The molecule has 0 unspecified atom stereocenters. The summed E-state index contributed by atoms with van der Waals surface area (Å²) in [6.45, 7) is 3.47. The van der Waals surface area contributed by atoms with Gasteiger partial charge in [-0.15, -0.1) is 0 Å². The van der Waals surface area contributed by atoms with Gasteiger partial charge in [-0.25, -0.2) is 4.79 Å². The zero-order valence-electron chi connectivity index (χ0n) is 16.3. The van der Waals surface area contributed by atoms with E-state index < -0.39 is 0 Å². The number of benzene rings is 2. The van der Waals surface area contributed by atoms with Crippen LogP contribution in [0.15, 0.2) is 72.9 Å². The van der Waals surface area contributed by atoms with Gasteiger partial charge in [0, 0.05) is 42.1 Å². The molecule has 0 aliphatic rings. The first kappa shape index (κ1) is 20.7. The van der Waals surface area contributed by atoms with Gasteiger partial charge in [-0.2, -0.15) is 0 Å². The highest BCUT2D eigenvalue weighted by Crippen LogP contribution is 2.19. The summed E-state index contributed by atoms with van der Waals surface area (Å²) in [5, 5.41) is 3.60. The number of halogens is 1. The van der Waals surface area contributed by atoms with Gasteiger partial charge < -0.3 is 15.0 Å². The monoisotopic (exact) mass is 409 g/mol. The fraction of sp³-hybridized carbons (Fsp3) is 0.217. The lowest BCUT2D eigenvalue weighted by Crippen LogP contribution is -2.36. The summed E-state index contributed by atoms with van der Waals surface area (Å²) in [7, 11) is 0. The van der Waals surface area contributed by atoms with Crippen LogP contribution in [-0.4, -0.2) is 29.1 Å². The minimum absolute atomic E-state index is 0.190. The quantitative estimate of drug-likeness (QED) is 0.541. The van der Waals surface area contributed by atoms with E-state index in [0.717, 1.165) is 17.0 Å². The average Bonchev–Trinajstić information content (AvgIpc) is 2.74. The number of pyridine rings is 1. The Balaban J connectivity index is 1.71. The van der Waals surface area contributed by atoms with Crippen LogP contribution in [-0.2, 0) is 13.0 Å². The predicted molar refractivity (Wildman–Crippen MR) is 116 cm³/mol. The molecule has 5 nitrogen and oxygen atoms in total. The topological polar surface area (TPSA) is 54.5 Å². The lowest BCUT2D eigenvalue weighted by molar-refractivity contribution is 0.209. The molecule has 3 aromatic rings. The van der Waals surface area contributed by atoms with Crippen LogP contribution in [0.25, 0.3) is 0 Å². The van der Waals surface area contributed by atoms with Crippen LogP contribution in [0.5, 0.6) is 5.75 Å². The number of aromatic nitrogens is 1. The number of urea groups is 1. The first-order valence-electron chi connectivity index (χ1n) is 9.58. The van der Waals surface area contributed by atoms with Crippen LogP contribution in [0, 0.1) is 0 Å². The first-order chi connectivity index (χ1) is 14.2. The molecule has 2 amide bonds. The molecule has 0 spiro atoms. The number of carbonyl (C=O) groups excluding carboxylic acids is 1. The van der Waals surface area contributed by atoms with E-state index in [0.29, 0.717) is 36.8 Å². The van der Waals surface area contributed by atoms with E-state index in [1.807, 2.05) is 73.7 Å². The third kappa shape index (κ3) is 6.22. The summed E-state index contributed by atoms with van der Waals surface area (Å²) in [5.74, 6) is 0.772. The highest BCUT2D eigenvalue weighted by Gasteiger charge is 2.16. The third-order valence-electron chi connectivity index (χ3n) is 4.39. The van der Waals surface area contributed by atoms with Crippen molar-refractivity contribution in [3.05, 3.63) is 89.2 Å². The van der Waals surface area contributed by atoms with Crippen molar-refractivity contribution in [2.75, 3.05) is 18.5 Å². The second-order valence-corrected chi connectivity index (χ2v) is 6.88. The molecular weight excluding hydrogens is 386 g/mol. The molecule has 0 bridgehead atoms. The van der Waals surface area contributed by atoms with Crippen molar-refractivity contribution in [3.63, 3.8) is 0 Å². The number of hydrogen-bond acceptors (Lipinski definition) is 3. The lowest BCUT2D eigenvalue weighted by atomic mass is 10.2. The van der Waals surface area contributed by atoms with Crippen molar-refractivity contribution in [2.45, 2.75) is 19.9 Å². The maximum atomic E-state index is 13.0. The maximum absolute atomic E-state index is 13.0. The summed E-state index contributed by atoms with van der Waals surface area (Å²) in [6.07, 6.45) is 2.41. The lowest BCUT2D eigenvalue weighted by Gasteiger charge is -2.24. The van der Waals surface area contributed by atoms with E-state index in [1.165, 1.54) is 0 Å². The summed E-state index contributed by atoms with van der Waals surface area (Å²) >= 11 is 6.31. The zero-order valence-corrected chi connectivity index (χ0v) is 17.1. The molecule has 29 heavy (non-hydrogen) atoms. The number of carbonyl (C=O) groups is 1. The Hall–Kier alpha value is -3.05. The second-order valence-electron chi connectivity index (χ2n) is 6.47. The minimum atomic E-state index is -0.190. The number of nitrogens with one attached hydrogen (secondary N) is 1. The van der Waals surface area contributed by atoms with Gasteiger partial charge >= 0.3 is 6.03 Å². The van der Waals surface area contributed by atoms with Gasteiger partial charge in [0.2, 0.25) is 0 Å². The summed E-state index contributed by atoms with van der Waals surface area (Å²) in [5.41, 5.74) is 2.54. The SMILES string of the molecule is CCOc1ccc(NC(=O)N(CCc2ccccn2)Cc2ccccc2Cl)cc1. The number of anilines is 1. The van der Waals surface area contributed by atoms with E-state index >= 15 is 0 Å². The molecule has 1 aromatic heterocycles. The van der Waals surface area contributed by atoms with Gasteiger partial charge in [0.05, 0.1) is 6.61 Å². The standard InChI is InChI=1S/C23H24ClN3O2/c1-2-29-21-12-10-20(11-13-21)26-23(28)27(16-14-19-8-5-6-15-25-19)17-18-7-3-4-9-22(18)24/h3-13,15H,2,14,16-17H2,1H3,(H,26,28). The Bertz CT molecular complexity index is 917. The van der Waals surface area contributed by atoms with E-state index in [4.69, 9.17) is 16.3 Å². The van der Waals surface area contributed by atoms with E-state index in [2.05, 4.69) is 10.3 Å². The van der Waals surface area contributed by atoms with Gasteiger partial charge in [-0.1, -0.05) is 35.9 Å². The fourth-order valence-corrected chi connectivity index (χ4v) is 3.08. The van der Waals surface area contributed by atoms with Crippen LogP contribution in [0.2, 0.25) is 5.02 Å². The Labute approximate surface area is 176 Å². The van der Waals surface area contributed by atoms with Crippen LogP contribution >= 0.6 is 11.6 Å². The summed E-state index contributed by atoms with van der Waals surface area (Å²) in [6, 6.07) is 20.5. The normalized spacial score (nSPS) is 10.4. The van der Waals surface area contributed by atoms with Crippen LogP contribution in [0.4, 0.5) is 10.5 Å². The number of rotatable bonds is 8. The number of ether oxygens (including phenoxy) is 1. The maximum Gasteiger partial charge on any atom is 0.322 e. The van der Waals surface area contributed by atoms with Crippen LogP contribution < -0.4 is 10.1 Å². The predicted octanol–water partition coefficient (Wildman–Crippen LogP) is 5.41. The molecule has 0 fully saturated rings. The van der Waals surface area contributed by atoms with Crippen molar-refractivity contribution < 1.29 is 9.53 Å². The molecule has 1 heterocycles. The van der Waals surface area contributed by atoms with Gasteiger partial charge in [-0.05, 0) is 55.0 Å². The van der Waals surface area contributed by atoms with Crippen molar-refractivity contribution in [1.29, 1.82) is 0 Å². The van der Waals surface area contributed by atoms with E-state index in [9.17, 15) is 4.79 Å². The molecule has 0 aliphatic carbocycles. The van der Waals surface area contributed by atoms with Gasteiger partial charge in [-0.3, -0.25) is 4.98 Å². The van der Waals surface area contributed by atoms with Gasteiger partial charge in [0.25, 0.3) is 0 Å². The van der Waals surface area contributed by atoms with Gasteiger partial charge in [0.1, 0.15) is 5.75 Å². The number of amides is 2. The Kier molecular flexibility index (Phi) is 7.47. The highest BCUT2D eigenvalue weighted by molar-refractivity contribution is 6.31. The average molecular weight is 410 g/mol. The molecule has 150 valence electrons. The number of nitrogens with zero attached hydrogens (tertiary/aromatic N) is 2. The summed E-state index contributed by atoms with van der Waals surface area (Å²) in [4.78, 5) is 19.1. The third-order valence-corrected chi connectivity index (χ3v) is 4.76. The molecule has 0 saturated carbocycles. The molecule has 0 radical (unpaired) electrons. The minimum Gasteiger partial charge on any atom is -0.494 e. The highest BCUT2D eigenvalue weighted by atomic mass is 35.5. The van der Waals surface area contributed by atoms with Crippen molar-refractivity contribution in [2.24, 2.45) is 0 Å². The fourth-order valence-electron chi connectivity index (χ4n) is 2.88. The molecular formula is C23H24ClN3O2. The Morgan fingerprint density at radius 3 is 2.52 bits per heavy atom. The Morgan fingerprint density at radius 1 is 1.07 bits per heavy atom. The molecule has 6 heteroatoms. The van der Waals surface area contributed by atoms with Crippen molar-refractivity contribution >= 4 is 23.3 Å². The largest absolute Gasteiger partial charge is 0.494 e. The van der Waals surface area contributed by atoms with Crippen LogP contribution in [0.3, 0.4) is 0 Å². The van der Waals surface area contributed by atoms with Crippen molar-refractivity contribution in [1.82, 2.24) is 9.88 Å². The smallest absolute Gasteiger partial charge is 0.322 e. The molecule has 0 saturated heterocycles. The molecule has 3 rings (SSSR count). The second kappa shape index (κ2) is 10.5. The molecule has 0 atom stereocenters. The molecule has 0 aliphatic heterocycles. The number of hydrogen-bond donors (Lipinski definition) is 1. The Morgan fingerprint density at radius 2 is 1.83 bits per heavy atom. The molecule has 1 N–H and O–H groups in total. The van der Waals surface area contributed by atoms with E-state index in [-0.39, 0.29) is 6.03 Å². The van der Waals surface area contributed by atoms with Crippen LogP contribution in [0.1, 0.15) is 18.2 Å². The first-order valence-corrected chi connectivity index (χ1v) is 9.95. The van der Waals surface area contributed by atoms with Gasteiger partial charge in [0.15, 0.2) is 0 Å². The zero-order chi connectivity index (χ0) is 20.5.